The van der Waals surface area contributed by atoms with Gasteiger partial charge in [0.25, 0.3) is 5.91 Å². The van der Waals surface area contributed by atoms with Gasteiger partial charge in [0.1, 0.15) is 5.75 Å². The fraction of sp³-hybridized carbons (Fsp3) is 0.333. The Kier molecular flexibility index (Phi) is 6.30. The Morgan fingerprint density at radius 1 is 1.11 bits per heavy atom. The SMILES string of the molecule is CCCCNC(=O)c1cc(-c2ccc(OC)cc2)nc2ccc(C(C)C)cc12. The second-order valence-electron chi connectivity index (χ2n) is 7.32. The van der Waals surface area contributed by atoms with Crippen molar-refractivity contribution in [2.24, 2.45) is 0 Å². The molecular weight excluding hydrogens is 348 g/mol. The molecule has 0 aliphatic heterocycles. The molecule has 3 aromatic rings. The number of aromatic nitrogens is 1. The zero-order valence-corrected chi connectivity index (χ0v) is 17.1. The number of rotatable bonds is 7. The molecule has 28 heavy (non-hydrogen) atoms. The van der Waals surface area contributed by atoms with Crippen LogP contribution in [0.2, 0.25) is 0 Å². The molecule has 0 saturated heterocycles. The summed E-state index contributed by atoms with van der Waals surface area (Å²) in [5, 5.41) is 3.95. The van der Waals surface area contributed by atoms with Crippen LogP contribution in [0.5, 0.6) is 5.75 Å². The maximum Gasteiger partial charge on any atom is 0.252 e. The van der Waals surface area contributed by atoms with Crippen LogP contribution >= 0.6 is 0 Å². The van der Waals surface area contributed by atoms with Crippen molar-refractivity contribution >= 4 is 16.8 Å². The van der Waals surface area contributed by atoms with Crippen molar-refractivity contribution in [3.8, 4) is 17.0 Å². The van der Waals surface area contributed by atoms with Crippen molar-refractivity contribution in [3.63, 3.8) is 0 Å². The number of hydrogen-bond acceptors (Lipinski definition) is 3. The molecule has 0 aliphatic carbocycles. The first-order valence-corrected chi connectivity index (χ1v) is 9.90. The third-order valence-corrected chi connectivity index (χ3v) is 4.95. The van der Waals surface area contributed by atoms with Crippen LogP contribution in [0.15, 0.2) is 48.5 Å². The van der Waals surface area contributed by atoms with E-state index in [-0.39, 0.29) is 5.91 Å². The van der Waals surface area contributed by atoms with E-state index < -0.39 is 0 Å². The average molecular weight is 377 g/mol. The number of nitrogens with one attached hydrogen (secondary N) is 1. The number of carbonyl (C=O) groups is 1. The van der Waals surface area contributed by atoms with Crippen LogP contribution in [0.1, 0.15) is 55.5 Å². The number of amides is 1. The van der Waals surface area contributed by atoms with Crippen LogP contribution < -0.4 is 10.1 Å². The van der Waals surface area contributed by atoms with Crippen LogP contribution in [0.4, 0.5) is 0 Å². The molecule has 3 rings (SSSR count). The van der Waals surface area contributed by atoms with Crippen LogP contribution in [0.25, 0.3) is 22.2 Å². The minimum atomic E-state index is -0.0449. The van der Waals surface area contributed by atoms with E-state index in [9.17, 15) is 4.79 Å². The summed E-state index contributed by atoms with van der Waals surface area (Å²) >= 11 is 0. The molecule has 4 nitrogen and oxygen atoms in total. The van der Waals surface area contributed by atoms with Crippen LogP contribution in [0, 0.1) is 0 Å². The lowest BCUT2D eigenvalue weighted by Crippen LogP contribution is -2.24. The topological polar surface area (TPSA) is 51.2 Å². The van der Waals surface area contributed by atoms with Crippen molar-refractivity contribution in [2.75, 3.05) is 13.7 Å². The fourth-order valence-corrected chi connectivity index (χ4v) is 3.17. The number of carbonyl (C=O) groups excluding carboxylic acids is 1. The fourth-order valence-electron chi connectivity index (χ4n) is 3.17. The van der Waals surface area contributed by atoms with Gasteiger partial charge in [-0.05, 0) is 60.4 Å². The van der Waals surface area contributed by atoms with Gasteiger partial charge < -0.3 is 10.1 Å². The van der Waals surface area contributed by atoms with E-state index in [1.807, 2.05) is 36.4 Å². The van der Waals surface area contributed by atoms with Gasteiger partial charge in [0, 0.05) is 17.5 Å². The van der Waals surface area contributed by atoms with Gasteiger partial charge in [-0.25, -0.2) is 4.98 Å². The summed E-state index contributed by atoms with van der Waals surface area (Å²) < 4.78 is 5.24. The van der Waals surface area contributed by atoms with E-state index >= 15 is 0 Å². The maximum absolute atomic E-state index is 12.9. The highest BCUT2D eigenvalue weighted by molar-refractivity contribution is 6.07. The third kappa shape index (κ3) is 4.33. The molecule has 0 saturated carbocycles. The number of ether oxygens (including phenoxy) is 1. The highest BCUT2D eigenvalue weighted by Gasteiger charge is 2.15. The number of benzene rings is 2. The standard InChI is InChI=1S/C24H28N2O2/c1-5-6-13-25-24(27)21-15-23(17-7-10-19(28-4)11-8-17)26-22-12-9-18(16(2)3)14-20(21)22/h7-12,14-16H,5-6,13H2,1-4H3,(H,25,27). The molecule has 1 amide bonds. The van der Waals surface area contributed by atoms with Gasteiger partial charge in [-0.15, -0.1) is 0 Å². The highest BCUT2D eigenvalue weighted by atomic mass is 16.5. The lowest BCUT2D eigenvalue weighted by molar-refractivity contribution is 0.0955. The summed E-state index contributed by atoms with van der Waals surface area (Å²) in [5.41, 5.74) is 4.45. The van der Waals surface area contributed by atoms with Crippen molar-refractivity contribution in [2.45, 2.75) is 39.5 Å². The van der Waals surface area contributed by atoms with Crippen LogP contribution in [-0.4, -0.2) is 24.5 Å². The van der Waals surface area contributed by atoms with Gasteiger partial charge >= 0.3 is 0 Å². The predicted molar refractivity (Wildman–Crippen MR) is 115 cm³/mol. The Balaban J connectivity index is 2.10. The van der Waals surface area contributed by atoms with Crippen LogP contribution in [0.3, 0.4) is 0 Å². The van der Waals surface area contributed by atoms with E-state index in [1.54, 1.807) is 7.11 Å². The highest BCUT2D eigenvalue weighted by Crippen LogP contribution is 2.28. The summed E-state index contributed by atoms with van der Waals surface area (Å²) in [6, 6.07) is 15.8. The molecule has 0 bridgehead atoms. The molecule has 0 radical (unpaired) electrons. The van der Waals surface area contributed by atoms with Crippen molar-refractivity contribution < 1.29 is 9.53 Å². The minimum absolute atomic E-state index is 0.0449. The van der Waals surface area contributed by atoms with E-state index in [4.69, 9.17) is 9.72 Å². The van der Waals surface area contributed by atoms with Crippen LogP contribution in [-0.2, 0) is 0 Å². The summed E-state index contributed by atoms with van der Waals surface area (Å²) in [7, 11) is 1.65. The molecule has 1 aromatic heterocycles. The molecule has 0 spiro atoms. The van der Waals surface area contributed by atoms with Crippen molar-refractivity contribution in [1.82, 2.24) is 10.3 Å². The smallest absolute Gasteiger partial charge is 0.252 e. The number of nitrogens with zero attached hydrogens (tertiary/aromatic N) is 1. The Bertz CT molecular complexity index is 962. The number of fused-ring (bicyclic) bond motifs is 1. The monoisotopic (exact) mass is 376 g/mol. The Hall–Kier alpha value is -2.88. The molecule has 4 heteroatoms. The Labute approximate surface area is 166 Å². The predicted octanol–water partition coefficient (Wildman–Crippen LogP) is 5.56. The quantitative estimate of drug-likeness (QED) is 0.549. The second-order valence-corrected chi connectivity index (χ2v) is 7.32. The van der Waals surface area contributed by atoms with E-state index in [0.29, 0.717) is 18.0 Å². The molecule has 0 aliphatic rings. The van der Waals surface area contributed by atoms with Gasteiger partial charge in [-0.2, -0.15) is 0 Å². The summed E-state index contributed by atoms with van der Waals surface area (Å²) in [6.45, 7) is 7.11. The van der Waals surface area contributed by atoms with Crippen molar-refractivity contribution in [3.05, 3.63) is 59.7 Å². The van der Waals surface area contributed by atoms with Gasteiger partial charge in [0.05, 0.1) is 23.9 Å². The normalized spacial score (nSPS) is 11.0. The number of hydrogen-bond donors (Lipinski definition) is 1. The van der Waals surface area contributed by atoms with E-state index in [1.165, 1.54) is 5.56 Å². The van der Waals surface area contributed by atoms with Gasteiger partial charge in [0.15, 0.2) is 0 Å². The molecule has 0 fully saturated rings. The van der Waals surface area contributed by atoms with E-state index in [0.717, 1.165) is 40.8 Å². The zero-order chi connectivity index (χ0) is 20.1. The Morgan fingerprint density at radius 3 is 2.50 bits per heavy atom. The number of methoxy groups -OCH3 is 1. The Morgan fingerprint density at radius 2 is 1.86 bits per heavy atom. The minimum Gasteiger partial charge on any atom is -0.497 e. The third-order valence-electron chi connectivity index (χ3n) is 4.95. The molecule has 146 valence electrons. The maximum atomic E-state index is 12.9. The second kappa shape index (κ2) is 8.87. The first-order valence-electron chi connectivity index (χ1n) is 9.90. The number of pyridine rings is 1. The molecule has 2 aromatic carbocycles. The lowest BCUT2D eigenvalue weighted by Gasteiger charge is -2.13. The van der Waals surface area contributed by atoms with Gasteiger partial charge in [0.2, 0.25) is 0 Å². The summed E-state index contributed by atoms with van der Waals surface area (Å²) in [6.07, 6.45) is 2.02. The molecule has 1 N–H and O–H groups in total. The van der Waals surface area contributed by atoms with Crippen molar-refractivity contribution in [1.29, 1.82) is 0 Å². The zero-order valence-electron chi connectivity index (χ0n) is 17.1. The summed E-state index contributed by atoms with van der Waals surface area (Å²) in [5.74, 6) is 1.14. The van der Waals surface area contributed by atoms with E-state index in [2.05, 4.69) is 38.2 Å². The average Bonchev–Trinajstić information content (AvgIpc) is 2.72. The van der Waals surface area contributed by atoms with Gasteiger partial charge in [-0.1, -0.05) is 33.3 Å². The first kappa shape index (κ1) is 19.9. The summed E-state index contributed by atoms with van der Waals surface area (Å²) in [4.78, 5) is 17.8. The molecular formula is C24H28N2O2. The first-order chi connectivity index (χ1) is 13.5. The van der Waals surface area contributed by atoms with Gasteiger partial charge in [-0.3, -0.25) is 4.79 Å². The lowest BCUT2D eigenvalue weighted by atomic mass is 9.97. The largest absolute Gasteiger partial charge is 0.497 e. The molecule has 0 atom stereocenters. The number of unbranched alkanes of at least 4 members (excludes halogenated alkanes) is 1. The molecule has 0 unspecified atom stereocenters. The molecule has 1 heterocycles.